The molecule has 3 aromatic rings. The van der Waals surface area contributed by atoms with Crippen LogP contribution in [0.2, 0.25) is 10.0 Å². The van der Waals surface area contributed by atoms with Crippen molar-refractivity contribution in [2.24, 2.45) is 0 Å². The Morgan fingerprint density at radius 3 is 2.60 bits per heavy atom. The number of hydrogen-bond acceptors (Lipinski definition) is 5. The van der Waals surface area contributed by atoms with Crippen molar-refractivity contribution in [2.45, 2.75) is 18.8 Å². The normalized spacial score (nSPS) is 14.8. The van der Waals surface area contributed by atoms with Crippen molar-refractivity contribution in [3.8, 4) is 5.75 Å². The summed E-state index contributed by atoms with van der Waals surface area (Å²) in [5.74, 6) is -0.263. The van der Waals surface area contributed by atoms with Gasteiger partial charge in [-0.25, -0.2) is 4.98 Å². The lowest BCUT2D eigenvalue weighted by atomic mass is 10.1. The summed E-state index contributed by atoms with van der Waals surface area (Å²) in [6.45, 7) is 0. The van der Waals surface area contributed by atoms with E-state index in [1.165, 1.54) is 18.4 Å². The first-order valence-electron chi connectivity index (χ1n) is 9.15. The number of aromatic nitrogens is 1. The summed E-state index contributed by atoms with van der Waals surface area (Å²) < 4.78 is 5.13. The molecule has 1 aliphatic carbocycles. The summed E-state index contributed by atoms with van der Waals surface area (Å²) in [6.07, 6.45) is 1.42. The molecule has 2 aromatic carbocycles. The monoisotopic (exact) mass is 461 g/mol. The van der Waals surface area contributed by atoms with Crippen molar-refractivity contribution in [3.63, 3.8) is 0 Å². The summed E-state index contributed by atoms with van der Waals surface area (Å²) in [5.41, 5.74) is 1.79. The smallest absolute Gasteiger partial charge is 0.257 e. The molecule has 2 N–H and O–H groups in total. The van der Waals surface area contributed by atoms with Crippen LogP contribution >= 0.6 is 34.5 Å². The fourth-order valence-electron chi connectivity index (χ4n) is 3.28. The van der Waals surface area contributed by atoms with E-state index in [1.54, 1.807) is 42.5 Å². The first-order chi connectivity index (χ1) is 14.4. The molecule has 2 amide bonds. The van der Waals surface area contributed by atoms with Crippen LogP contribution in [0.5, 0.6) is 5.75 Å². The maximum absolute atomic E-state index is 12.8. The molecule has 0 fully saturated rings. The number of benzene rings is 2. The molecule has 9 heteroatoms. The van der Waals surface area contributed by atoms with E-state index < -0.39 is 0 Å². The minimum absolute atomic E-state index is 0.157. The van der Waals surface area contributed by atoms with Crippen molar-refractivity contribution in [1.29, 1.82) is 0 Å². The Kier molecular flexibility index (Phi) is 5.94. The summed E-state index contributed by atoms with van der Waals surface area (Å²) in [5, 5.41) is 7.14. The maximum Gasteiger partial charge on any atom is 0.257 e. The van der Waals surface area contributed by atoms with E-state index in [9.17, 15) is 9.59 Å². The van der Waals surface area contributed by atoms with Crippen LogP contribution in [0.3, 0.4) is 0 Å². The summed E-state index contributed by atoms with van der Waals surface area (Å²) >= 11 is 13.4. The van der Waals surface area contributed by atoms with Gasteiger partial charge in [-0.05, 0) is 55.3 Å². The summed E-state index contributed by atoms with van der Waals surface area (Å²) in [6, 6.07) is 11.7. The summed E-state index contributed by atoms with van der Waals surface area (Å²) in [7, 11) is 1.53. The van der Waals surface area contributed by atoms with Gasteiger partial charge in [0, 0.05) is 21.2 Å². The third kappa shape index (κ3) is 4.28. The molecule has 0 aliphatic heterocycles. The zero-order valence-electron chi connectivity index (χ0n) is 15.9. The van der Waals surface area contributed by atoms with E-state index >= 15 is 0 Å². The number of fused-ring (bicyclic) bond motifs is 1. The average molecular weight is 462 g/mol. The Hall–Kier alpha value is -2.61. The Morgan fingerprint density at radius 2 is 1.90 bits per heavy atom. The van der Waals surface area contributed by atoms with Crippen molar-refractivity contribution >= 4 is 57.2 Å². The van der Waals surface area contributed by atoms with Gasteiger partial charge in [0.1, 0.15) is 5.75 Å². The van der Waals surface area contributed by atoms with Crippen molar-refractivity contribution < 1.29 is 14.3 Å². The van der Waals surface area contributed by atoms with Gasteiger partial charge < -0.3 is 10.1 Å². The zero-order valence-corrected chi connectivity index (χ0v) is 18.2. The van der Waals surface area contributed by atoms with Crippen LogP contribution in [-0.2, 0) is 11.2 Å². The van der Waals surface area contributed by atoms with Crippen molar-refractivity contribution in [3.05, 3.63) is 68.6 Å². The van der Waals surface area contributed by atoms with E-state index in [4.69, 9.17) is 27.9 Å². The number of rotatable bonds is 5. The summed E-state index contributed by atoms with van der Waals surface area (Å²) in [4.78, 5) is 30.7. The lowest BCUT2D eigenvalue weighted by Crippen LogP contribution is -2.20. The zero-order chi connectivity index (χ0) is 21.3. The van der Waals surface area contributed by atoms with Crippen LogP contribution < -0.4 is 15.4 Å². The molecule has 4 rings (SSSR count). The lowest BCUT2D eigenvalue weighted by Gasteiger charge is -2.12. The third-order valence-corrected chi connectivity index (χ3v) is 6.37. The van der Waals surface area contributed by atoms with Gasteiger partial charge >= 0.3 is 0 Å². The quantitative estimate of drug-likeness (QED) is 0.534. The molecule has 0 spiro atoms. The van der Waals surface area contributed by atoms with Crippen LogP contribution in [-0.4, -0.2) is 23.9 Å². The lowest BCUT2D eigenvalue weighted by molar-refractivity contribution is -0.117. The van der Waals surface area contributed by atoms with E-state index in [0.717, 1.165) is 11.3 Å². The molecule has 1 aliphatic rings. The molecule has 0 bridgehead atoms. The van der Waals surface area contributed by atoms with Crippen LogP contribution in [0.1, 0.15) is 33.3 Å². The van der Waals surface area contributed by atoms with Gasteiger partial charge in [0.15, 0.2) is 5.13 Å². The second-order valence-electron chi connectivity index (χ2n) is 6.72. The number of methoxy groups -OCH3 is 1. The molecule has 6 nitrogen and oxygen atoms in total. The van der Waals surface area contributed by atoms with E-state index in [-0.39, 0.29) is 17.7 Å². The Bertz CT molecular complexity index is 1120. The van der Waals surface area contributed by atoms with Gasteiger partial charge in [-0.2, -0.15) is 0 Å². The predicted molar refractivity (Wildman–Crippen MR) is 119 cm³/mol. The van der Waals surface area contributed by atoms with Crippen LogP contribution in [0, 0.1) is 0 Å². The number of amides is 2. The number of thiazole rings is 1. The number of hydrogen-bond donors (Lipinski definition) is 2. The molecule has 1 unspecified atom stereocenters. The molecular formula is C21H17Cl2N3O3S. The van der Waals surface area contributed by atoms with Gasteiger partial charge in [0.05, 0.1) is 23.7 Å². The van der Waals surface area contributed by atoms with Gasteiger partial charge in [0.25, 0.3) is 5.91 Å². The minimum atomic E-state index is -0.377. The van der Waals surface area contributed by atoms with Crippen LogP contribution in [0.15, 0.2) is 42.5 Å². The third-order valence-electron chi connectivity index (χ3n) is 4.78. The predicted octanol–water partition coefficient (Wildman–Crippen LogP) is 5.38. The molecular weight excluding hydrogens is 445 g/mol. The highest BCUT2D eigenvalue weighted by Gasteiger charge is 2.33. The number of nitrogens with one attached hydrogen (secondary N) is 2. The van der Waals surface area contributed by atoms with Crippen molar-refractivity contribution in [1.82, 2.24) is 4.98 Å². The molecule has 154 valence electrons. The first kappa shape index (κ1) is 20.7. The van der Waals surface area contributed by atoms with Gasteiger partial charge in [0.2, 0.25) is 5.91 Å². The number of halogens is 2. The number of anilines is 2. The number of nitrogens with zero attached hydrogens (tertiary/aromatic N) is 1. The largest absolute Gasteiger partial charge is 0.495 e. The SMILES string of the molecule is COc1ccc(NC(=O)C2CCc3sc(NC(=O)c4ccc(Cl)cc4)nc32)cc1Cl. The number of ether oxygens (including phenoxy) is 1. The van der Waals surface area contributed by atoms with E-state index in [0.29, 0.717) is 44.3 Å². The molecule has 0 saturated carbocycles. The Balaban J connectivity index is 1.45. The molecule has 1 heterocycles. The molecule has 0 radical (unpaired) electrons. The Morgan fingerprint density at radius 1 is 1.13 bits per heavy atom. The maximum atomic E-state index is 12.8. The second-order valence-corrected chi connectivity index (χ2v) is 8.65. The van der Waals surface area contributed by atoms with Crippen LogP contribution in [0.25, 0.3) is 0 Å². The minimum Gasteiger partial charge on any atom is -0.495 e. The number of carbonyl (C=O) groups excluding carboxylic acids is 2. The van der Waals surface area contributed by atoms with Crippen molar-refractivity contribution in [2.75, 3.05) is 17.7 Å². The number of aryl methyl sites for hydroxylation is 1. The number of carbonyl (C=O) groups is 2. The molecule has 30 heavy (non-hydrogen) atoms. The highest BCUT2D eigenvalue weighted by molar-refractivity contribution is 7.16. The molecule has 0 saturated heterocycles. The second kappa shape index (κ2) is 8.63. The van der Waals surface area contributed by atoms with Gasteiger partial charge in [-0.15, -0.1) is 11.3 Å². The van der Waals surface area contributed by atoms with E-state index in [2.05, 4.69) is 15.6 Å². The Labute approximate surface area is 187 Å². The first-order valence-corrected chi connectivity index (χ1v) is 10.7. The van der Waals surface area contributed by atoms with E-state index in [1.807, 2.05) is 0 Å². The van der Waals surface area contributed by atoms with Gasteiger partial charge in [-0.1, -0.05) is 23.2 Å². The average Bonchev–Trinajstić information content (AvgIpc) is 3.28. The highest BCUT2D eigenvalue weighted by Crippen LogP contribution is 2.39. The fraction of sp³-hybridized carbons (Fsp3) is 0.190. The standard InChI is InChI=1S/C21H17Cl2N3O3S/c1-29-16-8-6-13(10-15(16)23)24-20(28)14-7-9-17-18(14)25-21(30-17)26-19(27)11-2-4-12(22)5-3-11/h2-6,8,10,14H,7,9H2,1H3,(H,24,28)(H,25,26,27). The molecule has 1 aromatic heterocycles. The molecule has 1 atom stereocenters. The highest BCUT2D eigenvalue weighted by atomic mass is 35.5. The fourth-order valence-corrected chi connectivity index (χ4v) is 4.70. The topological polar surface area (TPSA) is 80.3 Å². The van der Waals surface area contributed by atoms with Gasteiger partial charge in [-0.3, -0.25) is 14.9 Å². The van der Waals surface area contributed by atoms with Crippen LogP contribution in [0.4, 0.5) is 10.8 Å².